The van der Waals surface area contributed by atoms with Crippen molar-refractivity contribution in [1.82, 2.24) is 5.32 Å². The summed E-state index contributed by atoms with van der Waals surface area (Å²) in [5.41, 5.74) is 1.33. The van der Waals surface area contributed by atoms with Crippen LogP contribution in [0.5, 0.6) is 0 Å². The van der Waals surface area contributed by atoms with Gasteiger partial charge in [-0.15, -0.1) is 0 Å². The molecule has 0 unspecified atom stereocenters. The molecule has 1 aromatic carbocycles. The lowest BCUT2D eigenvalue weighted by Gasteiger charge is -2.06. The number of carbonyl (C=O) groups is 1. The first-order valence-corrected chi connectivity index (χ1v) is 7.54. The molecule has 0 aliphatic heterocycles. The smallest absolute Gasteiger partial charge is 0.270 e. The summed E-state index contributed by atoms with van der Waals surface area (Å²) in [7, 11) is 0. The molecule has 2 rings (SSSR count). The Balaban J connectivity index is 2.01. The fourth-order valence-electron chi connectivity index (χ4n) is 1.65. The number of rotatable bonds is 5. The third kappa shape index (κ3) is 3.64. The van der Waals surface area contributed by atoms with Crippen LogP contribution in [0.1, 0.15) is 15.9 Å². The minimum Gasteiger partial charge on any atom is -0.352 e. The zero-order valence-electron chi connectivity index (χ0n) is 10.3. The summed E-state index contributed by atoms with van der Waals surface area (Å²) >= 11 is 4.84. The first-order valence-electron chi connectivity index (χ1n) is 5.81. The zero-order valence-corrected chi connectivity index (χ0v) is 12.7. The molecule has 1 N–H and O–H groups in total. The number of nitrogens with zero attached hydrogens (tertiary/aromatic N) is 1. The lowest BCUT2D eigenvalue weighted by Crippen LogP contribution is -2.26. The number of halogens is 1. The molecule has 0 saturated heterocycles. The largest absolute Gasteiger partial charge is 0.352 e. The predicted octanol–water partition coefficient (Wildman–Crippen LogP) is 3.39. The Morgan fingerprint density at radius 3 is 2.85 bits per heavy atom. The average Bonchev–Trinajstić information content (AvgIpc) is 2.92. The SMILES string of the molecule is O=C(NCCc1ccsc1)c1cc([N+](=O)[O-])ccc1Br. The fourth-order valence-corrected chi connectivity index (χ4v) is 2.78. The van der Waals surface area contributed by atoms with Crippen molar-refractivity contribution in [3.05, 3.63) is 60.7 Å². The van der Waals surface area contributed by atoms with Gasteiger partial charge in [-0.1, -0.05) is 0 Å². The minimum atomic E-state index is -0.519. The van der Waals surface area contributed by atoms with E-state index in [9.17, 15) is 14.9 Å². The highest BCUT2D eigenvalue weighted by Crippen LogP contribution is 2.22. The molecule has 5 nitrogen and oxygen atoms in total. The molecule has 2 aromatic rings. The lowest BCUT2D eigenvalue weighted by atomic mass is 10.2. The molecule has 0 atom stereocenters. The summed E-state index contributed by atoms with van der Waals surface area (Å²) in [6, 6.07) is 6.13. The Bertz CT molecular complexity index is 629. The maximum absolute atomic E-state index is 12.0. The third-order valence-electron chi connectivity index (χ3n) is 2.68. The summed E-state index contributed by atoms with van der Waals surface area (Å²) in [6.07, 6.45) is 0.738. The van der Waals surface area contributed by atoms with Crippen molar-refractivity contribution < 1.29 is 9.72 Å². The number of thiophene rings is 1. The van der Waals surface area contributed by atoms with Crippen molar-refractivity contribution in [1.29, 1.82) is 0 Å². The standard InChI is InChI=1S/C13H11BrN2O3S/c14-12-2-1-10(16(18)19)7-11(12)13(17)15-5-3-9-4-6-20-8-9/h1-2,4,6-8H,3,5H2,(H,15,17). The molecule has 0 radical (unpaired) electrons. The van der Waals surface area contributed by atoms with Crippen molar-refractivity contribution in [2.75, 3.05) is 6.54 Å². The van der Waals surface area contributed by atoms with E-state index in [0.717, 1.165) is 12.0 Å². The van der Waals surface area contributed by atoms with Gasteiger partial charge in [-0.25, -0.2) is 0 Å². The Kier molecular flexibility index (Phi) is 4.86. The van der Waals surface area contributed by atoms with Gasteiger partial charge in [0.1, 0.15) is 0 Å². The van der Waals surface area contributed by atoms with Crippen LogP contribution < -0.4 is 5.32 Å². The number of amides is 1. The molecule has 20 heavy (non-hydrogen) atoms. The van der Waals surface area contributed by atoms with Crippen molar-refractivity contribution in [2.24, 2.45) is 0 Å². The molecule has 0 fully saturated rings. The first-order chi connectivity index (χ1) is 9.58. The van der Waals surface area contributed by atoms with Crippen LogP contribution >= 0.6 is 27.3 Å². The van der Waals surface area contributed by atoms with Gasteiger partial charge in [0.15, 0.2) is 0 Å². The monoisotopic (exact) mass is 354 g/mol. The normalized spacial score (nSPS) is 10.2. The topological polar surface area (TPSA) is 72.2 Å². The molecule has 1 aromatic heterocycles. The van der Waals surface area contributed by atoms with E-state index in [0.29, 0.717) is 11.0 Å². The van der Waals surface area contributed by atoms with Gasteiger partial charge in [0.25, 0.3) is 11.6 Å². The van der Waals surface area contributed by atoms with Gasteiger partial charge in [-0.05, 0) is 50.8 Å². The second kappa shape index (κ2) is 6.62. The second-order valence-corrected chi connectivity index (χ2v) is 5.69. The van der Waals surface area contributed by atoms with Crippen LogP contribution in [0.3, 0.4) is 0 Å². The summed E-state index contributed by atoms with van der Waals surface area (Å²) < 4.78 is 0.538. The highest BCUT2D eigenvalue weighted by atomic mass is 79.9. The van der Waals surface area contributed by atoms with Crippen LogP contribution in [-0.2, 0) is 6.42 Å². The molecular weight excluding hydrogens is 344 g/mol. The number of hydrogen-bond acceptors (Lipinski definition) is 4. The van der Waals surface area contributed by atoms with E-state index in [4.69, 9.17) is 0 Å². The fraction of sp³-hybridized carbons (Fsp3) is 0.154. The quantitative estimate of drug-likeness (QED) is 0.660. The number of nitrogens with one attached hydrogen (secondary N) is 1. The van der Waals surface area contributed by atoms with Gasteiger partial charge in [-0.2, -0.15) is 11.3 Å². The van der Waals surface area contributed by atoms with Crippen LogP contribution in [0.2, 0.25) is 0 Å². The molecular formula is C13H11BrN2O3S. The highest BCUT2D eigenvalue weighted by Gasteiger charge is 2.15. The van der Waals surface area contributed by atoms with Crippen LogP contribution in [0.25, 0.3) is 0 Å². The van der Waals surface area contributed by atoms with Crippen molar-refractivity contribution in [3.63, 3.8) is 0 Å². The average molecular weight is 355 g/mol. The van der Waals surface area contributed by atoms with Gasteiger partial charge in [-0.3, -0.25) is 14.9 Å². The summed E-state index contributed by atoms with van der Waals surface area (Å²) in [6.45, 7) is 0.491. The molecule has 104 valence electrons. The molecule has 0 saturated carbocycles. The minimum absolute atomic E-state index is 0.101. The van der Waals surface area contributed by atoms with Crippen molar-refractivity contribution in [2.45, 2.75) is 6.42 Å². The molecule has 0 aliphatic rings. The zero-order chi connectivity index (χ0) is 14.5. The maximum atomic E-state index is 12.0. The second-order valence-electron chi connectivity index (χ2n) is 4.06. The van der Waals surface area contributed by atoms with Gasteiger partial charge >= 0.3 is 0 Å². The number of nitro groups is 1. The molecule has 0 bridgehead atoms. The van der Waals surface area contributed by atoms with E-state index in [-0.39, 0.29) is 17.2 Å². The lowest BCUT2D eigenvalue weighted by molar-refractivity contribution is -0.384. The van der Waals surface area contributed by atoms with Gasteiger partial charge in [0, 0.05) is 23.2 Å². The summed E-state index contributed by atoms with van der Waals surface area (Å²) in [4.78, 5) is 22.2. The Morgan fingerprint density at radius 2 is 2.20 bits per heavy atom. The van der Waals surface area contributed by atoms with Gasteiger partial charge < -0.3 is 5.32 Å². The molecule has 1 heterocycles. The molecule has 7 heteroatoms. The maximum Gasteiger partial charge on any atom is 0.270 e. The molecule has 0 spiro atoms. The Morgan fingerprint density at radius 1 is 1.40 bits per heavy atom. The van der Waals surface area contributed by atoms with Crippen molar-refractivity contribution in [3.8, 4) is 0 Å². The van der Waals surface area contributed by atoms with Crippen molar-refractivity contribution >= 4 is 38.9 Å². The van der Waals surface area contributed by atoms with E-state index in [2.05, 4.69) is 21.2 Å². The van der Waals surface area contributed by atoms with E-state index >= 15 is 0 Å². The molecule has 0 aliphatic carbocycles. The van der Waals surface area contributed by atoms with Crippen LogP contribution in [0.4, 0.5) is 5.69 Å². The van der Waals surface area contributed by atoms with E-state index in [1.165, 1.54) is 18.2 Å². The number of benzene rings is 1. The highest BCUT2D eigenvalue weighted by molar-refractivity contribution is 9.10. The number of non-ortho nitro benzene ring substituents is 1. The van der Waals surface area contributed by atoms with Crippen LogP contribution in [0, 0.1) is 10.1 Å². The number of hydrogen-bond donors (Lipinski definition) is 1. The van der Waals surface area contributed by atoms with Gasteiger partial charge in [0.2, 0.25) is 0 Å². The van der Waals surface area contributed by atoms with E-state index in [1.54, 1.807) is 11.3 Å². The predicted molar refractivity (Wildman–Crippen MR) is 81.2 cm³/mol. The van der Waals surface area contributed by atoms with Gasteiger partial charge in [0.05, 0.1) is 10.5 Å². The summed E-state index contributed by atoms with van der Waals surface area (Å²) in [5.74, 6) is -0.323. The molecule has 1 amide bonds. The first kappa shape index (κ1) is 14.7. The number of nitro benzene ring substituents is 1. The number of carbonyl (C=O) groups excluding carboxylic acids is 1. The Hall–Kier alpha value is -1.73. The third-order valence-corrected chi connectivity index (χ3v) is 4.11. The van der Waals surface area contributed by atoms with E-state index in [1.807, 2.05) is 16.8 Å². The summed E-state index contributed by atoms with van der Waals surface area (Å²) in [5, 5.41) is 17.5. The van der Waals surface area contributed by atoms with Crippen LogP contribution in [-0.4, -0.2) is 17.4 Å². The van der Waals surface area contributed by atoms with Crippen LogP contribution in [0.15, 0.2) is 39.5 Å². The van der Waals surface area contributed by atoms with E-state index < -0.39 is 4.92 Å². The Labute approximate surface area is 127 Å².